The van der Waals surface area contributed by atoms with Gasteiger partial charge < -0.3 is 15.7 Å². The summed E-state index contributed by atoms with van der Waals surface area (Å²) in [4.78, 5) is 0. The molecule has 2 rings (SSSR count). The Balaban J connectivity index is 0. The second-order valence-electron chi connectivity index (χ2n) is 2.79. The van der Waals surface area contributed by atoms with Crippen LogP contribution in [0.1, 0.15) is 0 Å². The van der Waals surface area contributed by atoms with Gasteiger partial charge in [0.25, 0.3) is 0 Å². The van der Waals surface area contributed by atoms with E-state index < -0.39 is 0 Å². The van der Waals surface area contributed by atoms with Gasteiger partial charge in [-0.25, -0.2) is 4.39 Å². The topological polar surface area (TPSA) is 72.2 Å². The van der Waals surface area contributed by atoms with Crippen LogP contribution in [0.5, 0.6) is 11.5 Å². The minimum atomic E-state index is -0.265. The van der Waals surface area contributed by atoms with Crippen LogP contribution in [0, 0.1) is 43.0 Å². The number of ether oxygens (including phenoxy) is 1. The summed E-state index contributed by atoms with van der Waals surface area (Å²) in [5.41, 5.74) is 0. The van der Waals surface area contributed by atoms with Gasteiger partial charge in [0.05, 0.1) is 0 Å². The van der Waals surface area contributed by atoms with E-state index in [0.717, 1.165) is 5.75 Å². The number of hydrogen-bond acceptors (Lipinski definition) is 1. The van der Waals surface area contributed by atoms with Crippen molar-refractivity contribution in [3.8, 4) is 11.5 Å². The zero-order valence-electron chi connectivity index (χ0n) is 8.91. The number of halogens is 1. The molecule has 90 valence electrons. The first-order chi connectivity index (χ1) is 6.84. The van der Waals surface area contributed by atoms with Crippen molar-refractivity contribution >= 4 is 0 Å². The molecule has 0 amide bonds. The van der Waals surface area contributed by atoms with Gasteiger partial charge in [-0.2, -0.15) is 18.2 Å². The zero-order valence-corrected chi connectivity index (χ0v) is 13.1. The van der Waals surface area contributed by atoms with Crippen LogP contribution in [0.25, 0.3) is 0 Å². The molecule has 0 atom stereocenters. The van der Waals surface area contributed by atoms with Crippen LogP contribution >= 0.6 is 0 Å². The predicted molar refractivity (Wildman–Crippen MR) is 59.0 cm³/mol. The van der Waals surface area contributed by atoms with E-state index in [9.17, 15) is 4.39 Å². The van der Waals surface area contributed by atoms with Crippen LogP contribution in [0.2, 0.25) is 0 Å². The first kappa shape index (κ1) is 18.5. The molecule has 3 nitrogen and oxygen atoms in total. The van der Waals surface area contributed by atoms with E-state index in [0.29, 0.717) is 5.75 Å². The summed E-state index contributed by atoms with van der Waals surface area (Å²) in [6, 6.07) is 15.9. The molecule has 0 aliphatic heterocycles. The van der Waals surface area contributed by atoms with Crippen LogP contribution in [0.15, 0.2) is 48.5 Å². The first-order valence-electron chi connectivity index (χ1n) is 4.24. The molecule has 0 spiro atoms. The molecule has 2 aromatic rings. The van der Waals surface area contributed by atoms with E-state index in [-0.39, 0.29) is 47.9 Å². The van der Waals surface area contributed by atoms with Gasteiger partial charge in [0, 0.05) is 36.9 Å². The second-order valence-corrected chi connectivity index (χ2v) is 2.79. The van der Waals surface area contributed by atoms with Crippen molar-refractivity contribution < 1.29 is 51.2 Å². The average Bonchev–Trinajstić information content (AvgIpc) is 2.23. The van der Waals surface area contributed by atoms with E-state index in [1.54, 1.807) is 36.4 Å². The summed E-state index contributed by atoms with van der Waals surface area (Å²) in [7, 11) is 0. The van der Waals surface area contributed by atoms with E-state index in [1.807, 2.05) is 0 Å². The fraction of sp³-hybridized carbons (Fsp3) is 0. The quantitative estimate of drug-likeness (QED) is 0.629. The van der Waals surface area contributed by atoms with Crippen LogP contribution in [0.4, 0.5) is 4.39 Å². The molecule has 0 aliphatic carbocycles. The molecule has 0 radical (unpaired) electrons. The Bertz CT molecular complexity index is 406. The van der Waals surface area contributed by atoms with Gasteiger partial charge in [-0.15, -0.1) is 12.1 Å². The molecule has 0 saturated heterocycles. The van der Waals surface area contributed by atoms with Crippen LogP contribution in [-0.2, 0) is 0 Å². The third-order valence-corrected chi connectivity index (χ3v) is 1.74. The van der Waals surface area contributed by atoms with Crippen molar-refractivity contribution in [2.45, 2.75) is 0 Å². The minimum Gasteiger partial charge on any atom is -0.483 e. The monoisotopic (exact) mass is 461 g/mol. The summed E-state index contributed by atoms with van der Waals surface area (Å²) in [6.07, 6.45) is 0. The Morgan fingerprint density at radius 2 is 1.29 bits per heavy atom. The Kier molecular flexibility index (Phi) is 10.0. The second kappa shape index (κ2) is 9.20. The van der Waals surface area contributed by atoms with E-state index in [2.05, 4.69) is 6.07 Å². The van der Waals surface area contributed by atoms with Gasteiger partial charge in [0.15, 0.2) is 0 Å². The summed E-state index contributed by atoms with van der Waals surface area (Å²) in [5.74, 6) is 1.08. The van der Waals surface area contributed by atoms with Crippen LogP contribution in [-0.4, -0.2) is 11.0 Å². The number of hydrogen-bond donors (Lipinski definition) is 0. The smallest absolute Gasteiger partial charge is 0.124 e. The minimum absolute atomic E-state index is 0. The molecule has 0 aromatic heterocycles. The molecule has 0 saturated carbocycles. The molecule has 4 N–H and O–H groups in total. The number of rotatable bonds is 2. The van der Waals surface area contributed by atoms with Gasteiger partial charge in [0.2, 0.25) is 0 Å². The van der Waals surface area contributed by atoms with E-state index >= 15 is 0 Å². The molecule has 2 aromatic carbocycles. The largest absolute Gasteiger partial charge is 0.483 e. The van der Waals surface area contributed by atoms with Crippen molar-refractivity contribution in [2.75, 3.05) is 0 Å². The van der Waals surface area contributed by atoms with Gasteiger partial charge in [-0.1, -0.05) is 0 Å². The molecular formula is C12H12FO3U-. The van der Waals surface area contributed by atoms with Gasteiger partial charge >= 0.3 is 0 Å². The molecule has 0 fully saturated rings. The molecule has 5 heteroatoms. The fourth-order valence-electron chi connectivity index (χ4n) is 1.08. The predicted octanol–water partition coefficient (Wildman–Crippen LogP) is 1.77. The van der Waals surface area contributed by atoms with Gasteiger partial charge in [-0.3, -0.25) is 0 Å². The molecule has 0 heterocycles. The Morgan fingerprint density at radius 1 is 0.824 bits per heavy atom. The Labute approximate surface area is 123 Å². The Hall–Kier alpha value is -0.858. The fourth-order valence-corrected chi connectivity index (χ4v) is 1.08. The van der Waals surface area contributed by atoms with E-state index in [1.165, 1.54) is 12.1 Å². The van der Waals surface area contributed by atoms with Crippen molar-refractivity contribution in [3.63, 3.8) is 0 Å². The van der Waals surface area contributed by atoms with Crippen molar-refractivity contribution in [1.29, 1.82) is 0 Å². The van der Waals surface area contributed by atoms with E-state index in [4.69, 9.17) is 4.74 Å². The molecule has 17 heavy (non-hydrogen) atoms. The maximum atomic E-state index is 12.6. The third-order valence-electron chi connectivity index (χ3n) is 1.74. The average molecular weight is 461 g/mol. The molecule has 0 bridgehead atoms. The summed E-state index contributed by atoms with van der Waals surface area (Å²) in [6.45, 7) is 0. The normalized spacial score (nSPS) is 8.06. The third kappa shape index (κ3) is 5.85. The maximum absolute atomic E-state index is 12.6. The molecule has 0 unspecified atom stereocenters. The summed E-state index contributed by atoms with van der Waals surface area (Å²) in [5, 5.41) is 0. The van der Waals surface area contributed by atoms with Crippen molar-refractivity contribution in [1.82, 2.24) is 0 Å². The van der Waals surface area contributed by atoms with Crippen LogP contribution in [0.3, 0.4) is 0 Å². The summed E-state index contributed by atoms with van der Waals surface area (Å²) < 4.78 is 18.0. The van der Waals surface area contributed by atoms with Crippen molar-refractivity contribution in [3.05, 3.63) is 60.4 Å². The first-order valence-corrected chi connectivity index (χ1v) is 4.24. The van der Waals surface area contributed by atoms with Crippen molar-refractivity contribution in [2.24, 2.45) is 0 Å². The van der Waals surface area contributed by atoms with Gasteiger partial charge in [-0.05, 0) is 24.3 Å². The Morgan fingerprint density at radius 3 is 1.82 bits per heavy atom. The number of benzene rings is 2. The maximum Gasteiger partial charge on any atom is 0.124 e. The van der Waals surface area contributed by atoms with Crippen LogP contribution < -0.4 is 4.74 Å². The SMILES string of the molecule is Fc1ccc(Oc2cc[c-]cc2)cc1.O.O.[U]. The van der Waals surface area contributed by atoms with Gasteiger partial charge in [0.1, 0.15) is 11.6 Å². The summed E-state index contributed by atoms with van der Waals surface area (Å²) >= 11 is 0. The standard InChI is InChI=1S/C12H8FO.2H2O.U/c13-10-6-8-12(9-7-10)14-11-4-2-1-3-5-11;;;/h2-9H;2*1H2;/q-1;;;. The zero-order chi connectivity index (χ0) is 9.80. The molecule has 0 aliphatic rings. The molecular weight excluding hydrogens is 449 g/mol.